The molecule has 0 bridgehead atoms. The molecule has 0 spiro atoms. The van der Waals surface area contributed by atoms with Gasteiger partial charge in [-0.1, -0.05) is 0 Å². The Labute approximate surface area is 118 Å². The molecule has 0 aliphatic rings. The van der Waals surface area contributed by atoms with E-state index in [0.717, 1.165) is 15.9 Å². The summed E-state index contributed by atoms with van der Waals surface area (Å²) < 4.78 is 1.54. The normalized spacial score (nSPS) is 11.1. The van der Waals surface area contributed by atoms with E-state index in [1.807, 2.05) is 24.4 Å². The number of fused-ring (bicyclic) bond motifs is 1. The standard InChI is InChI=1S/C13H13N5OS/c1-7-5-8(2)18(13(19)15-7)6-10-16-11(14)9-3-4-20-12(9)17-10/h3-5H,6H2,1-2H3,(H2,14,16,17). The molecule has 0 unspecified atom stereocenters. The number of thiophene rings is 1. The van der Waals surface area contributed by atoms with Crippen LogP contribution in [0.4, 0.5) is 5.82 Å². The van der Waals surface area contributed by atoms with Crippen LogP contribution in [0.2, 0.25) is 0 Å². The summed E-state index contributed by atoms with van der Waals surface area (Å²) in [6.07, 6.45) is 0. The van der Waals surface area contributed by atoms with Crippen LogP contribution in [0.5, 0.6) is 0 Å². The minimum absolute atomic E-state index is 0.274. The fourth-order valence-corrected chi connectivity index (χ4v) is 2.89. The zero-order chi connectivity index (χ0) is 14.3. The second-order valence-electron chi connectivity index (χ2n) is 4.57. The highest BCUT2D eigenvalue weighted by molar-refractivity contribution is 7.16. The number of nitrogen functional groups attached to an aromatic ring is 1. The van der Waals surface area contributed by atoms with Gasteiger partial charge in [0.05, 0.1) is 11.9 Å². The maximum Gasteiger partial charge on any atom is 0.348 e. The van der Waals surface area contributed by atoms with Gasteiger partial charge in [0.25, 0.3) is 0 Å². The third-order valence-electron chi connectivity index (χ3n) is 3.05. The number of rotatable bonds is 2. The van der Waals surface area contributed by atoms with Crippen molar-refractivity contribution in [2.75, 3.05) is 5.73 Å². The second kappa shape index (κ2) is 4.68. The van der Waals surface area contributed by atoms with Gasteiger partial charge in [-0.3, -0.25) is 4.57 Å². The number of nitrogens with two attached hydrogens (primary N) is 1. The third-order valence-corrected chi connectivity index (χ3v) is 3.85. The molecule has 2 N–H and O–H groups in total. The second-order valence-corrected chi connectivity index (χ2v) is 5.47. The summed E-state index contributed by atoms with van der Waals surface area (Å²) in [6, 6.07) is 3.75. The van der Waals surface area contributed by atoms with E-state index in [1.54, 1.807) is 11.5 Å². The van der Waals surface area contributed by atoms with Crippen LogP contribution in [0.25, 0.3) is 10.2 Å². The van der Waals surface area contributed by atoms with E-state index in [-0.39, 0.29) is 12.2 Å². The molecule has 3 rings (SSSR count). The molecule has 0 aliphatic carbocycles. The zero-order valence-electron chi connectivity index (χ0n) is 11.1. The Morgan fingerprint density at radius 3 is 2.85 bits per heavy atom. The van der Waals surface area contributed by atoms with Crippen LogP contribution in [0.3, 0.4) is 0 Å². The topological polar surface area (TPSA) is 86.7 Å². The van der Waals surface area contributed by atoms with E-state index in [4.69, 9.17) is 5.73 Å². The molecule has 0 atom stereocenters. The number of aryl methyl sites for hydroxylation is 2. The lowest BCUT2D eigenvalue weighted by molar-refractivity contribution is 0.667. The summed E-state index contributed by atoms with van der Waals surface area (Å²) in [7, 11) is 0. The summed E-state index contributed by atoms with van der Waals surface area (Å²) >= 11 is 1.50. The molecule has 3 aromatic heterocycles. The Balaban J connectivity index is 2.07. The molecule has 0 amide bonds. The first kappa shape index (κ1) is 12.7. The Morgan fingerprint density at radius 1 is 1.30 bits per heavy atom. The number of anilines is 1. The molecule has 0 radical (unpaired) electrons. The van der Waals surface area contributed by atoms with E-state index >= 15 is 0 Å². The number of aromatic nitrogens is 4. The van der Waals surface area contributed by atoms with Crippen molar-refractivity contribution in [2.24, 2.45) is 0 Å². The maximum absolute atomic E-state index is 11.9. The van der Waals surface area contributed by atoms with Gasteiger partial charge in [0.15, 0.2) is 5.82 Å². The van der Waals surface area contributed by atoms with Crippen LogP contribution in [0, 0.1) is 13.8 Å². The molecular formula is C13H13N5OS. The molecule has 20 heavy (non-hydrogen) atoms. The van der Waals surface area contributed by atoms with Gasteiger partial charge in [-0.05, 0) is 31.4 Å². The summed E-state index contributed by atoms with van der Waals surface area (Å²) in [4.78, 5) is 25.4. The van der Waals surface area contributed by atoms with Gasteiger partial charge >= 0.3 is 5.69 Å². The SMILES string of the molecule is Cc1cc(C)n(Cc2nc(N)c3ccsc3n2)c(=O)n1. The highest BCUT2D eigenvalue weighted by Crippen LogP contribution is 2.22. The molecule has 102 valence electrons. The lowest BCUT2D eigenvalue weighted by Crippen LogP contribution is -2.26. The van der Waals surface area contributed by atoms with Gasteiger partial charge in [0.1, 0.15) is 10.6 Å². The predicted octanol–water partition coefficient (Wildman–Crippen LogP) is 1.50. The largest absolute Gasteiger partial charge is 0.383 e. The summed E-state index contributed by atoms with van der Waals surface area (Å²) in [5.41, 5.74) is 7.15. The number of hydrogen-bond acceptors (Lipinski definition) is 6. The molecule has 3 heterocycles. The minimum Gasteiger partial charge on any atom is -0.383 e. The van der Waals surface area contributed by atoms with E-state index in [1.165, 1.54) is 11.3 Å². The molecule has 0 fully saturated rings. The van der Waals surface area contributed by atoms with Gasteiger partial charge in [-0.25, -0.2) is 14.8 Å². The smallest absolute Gasteiger partial charge is 0.348 e. The van der Waals surface area contributed by atoms with Gasteiger partial charge in [-0.2, -0.15) is 4.98 Å². The Kier molecular flexibility index (Phi) is 2.98. The van der Waals surface area contributed by atoms with Crippen molar-refractivity contribution in [3.63, 3.8) is 0 Å². The summed E-state index contributed by atoms with van der Waals surface area (Å²) in [5, 5.41) is 2.77. The van der Waals surface area contributed by atoms with Crippen LogP contribution in [-0.2, 0) is 6.54 Å². The van der Waals surface area contributed by atoms with Crippen molar-refractivity contribution < 1.29 is 0 Å². The quantitative estimate of drug-likeness (QED) is 0.771. The van der Waals surface area contributed by atoms with Crippen LogP contribution in [-0.4, -0.2) is 19.5 Å². The Bertz CT molecular complexity index is 852. The number of hydrogen-bond donors (Lipinski definition) is 1. The van der Waals surface area contributed by atoms with Crippen molar-refractivity contribution in [2.45, 2.75) is 20.4 Å². The first-order valence-corrected chi connectivity index (χ1v) is 6.97. The zero-order valence-corrected chi connectivity index (χ0v) is 11.9. The molecule has 6 nitrogen and oxygen atoms in total. The first-order valence-electron chi connectivity index (χ1n) is 6.09. The van der Waals surface area contributed by atoms with Crippen molar-refractivity contribution in [3.05, 3.63) is 45.2 Å². The fourth-order valence-electron chi connectivity index (χ4n) is 2.10. The van der Waals surface area contributed by atoms with Crippen LogP contribution >= 0.6 is 11.3 Å². The molecule has 0 saturated carbocycles. The molecule has 0 aromatic carbocycles. The fraction of sp³-hybridized carbons (Fsp3) is 0.231. The lowest BCUT2D eigenvalue weighted by atomic mass is 10.3. The van der Waals surface area contributed by atoms with Crippen LogP contribution in [0.15, 0.2) is 22.3 Å². The molecule has 3 aromatic rings. The van der Waals surface area contributed by atoms with Gasteiger partial charge in [0, 0.05) is 11.4 Å². The first-order chi connectivity index (χ1) is 9.54. The predicted molar refractivity (Wildman–Crippen MR) is 78.9 cm³/mol. The van der Waals surface area contributed by atoms with Crippen molar-refractivity contribution in [1.82, 2.24) is 19.5 Å². The maximum atomic E-state index is 11.9. The van der Waals surface area contributed by atoms with E-state index in [0.29, 0.717) is 17.3 Å². The summed E-state index contributed by atoms with van der Waals surface area (Å²) in [5.74, 6) is 0.963. The molecule has 7 heteroatoms. The average molecular weight is 287 g/mol. The van der Waals surface area contributed by atoms with Crippen LogP contribution < -0.4 is 11.4 Å². The molecular weight excluding hydrogens is 274 g/mol. The highest BCUT2D eigenvalue weighted by Gasteiger charge is 2.09. The minimum atomic E-state index is -0.295. The molecule has 0 saturated heterocycles. The monoisotopic (exact) mass is 287 g/mol. The van der Waals surface area contributed by atoms with Gasteiger partial charge in [0.2, 0.25) is 0 Å². The van der Waals surface area contributed by atoms with E-state index in [2.05, 4.69) is 15.0 Å². The van der Waals surface area contributed by atoms with E-state index in [9.17, 15) is 4.79 Å². The van der Waals surface area contributed by atoms with Crippen molar-refractivity contribution >= 4 is 27.4 Å². The van der Waals surface area contributed by atoms with Crippen LogP contribution in [0.1, 0.15) is 17.2 Å². The third kappa shape index (κ3) is 2.16. The Morgan fingerprint density at radius 2 is 2.10 bits per heavy atom. The lowest BCUT2D eigenvalue weighted by Gasteiger charge is -2.09. The van der Waals surface area contributed by atoms with Crippen molar-refractivity contribution in [1.29, 1.82) is 0 Å². The van der Waals surface area contributed by atoms with Gasteiger partial charge < -0.3 is 5.73 Å². The summed E-state index contributed by atoms with van der Waals surface area (Å²) in [6.45, 7) is 3.93. The van der Waals surface area contributed by atoms with E-state index < -0.39 is 0 Å². The number of nitrogens with zero attached hydrogens (tertiary/aromatic N) is 4. The van der Waals surface area contributed by atoms with Crippen molar-refractivity contribution in [3.8, 4) is 0 Å². The van der Waals surface area contributed by atoms with Gasteiger partial charge in [-0.15, -0.1) is 11.3 Å². The average Bonchev–Trinajstić information content (AvgIpc) is 2.82. The molecule has 0 aliphatic heterocycles. The highest BCUT2D eigenvalue weighted by atomic mass is 32.1. The Hall–Kier alpha value is -2.28.